The van der Waals surface area contributed by atoms with E-state index in [9.17, 15) is 14.4 Å². The van der Waals surface area contributed by atoms with E-state index >= 15 is 0 Å². The summed E-state index contributed by atoms with van der Waals surface area (Å²) in [4.78, 5) is 45.4. The van der Waals surface area contributed by atoms with Gasteiger partial charge in [-0.05, 0) is 45.4 Å². The Morgan fingerprint density at radius 1 is 1.29 bits per heavy atom. The molecule has 2 aromatic heterocycles. The highest BCUT2D eigenvalue weighted by atomic mass is 32.2. The fourth-order valence-electron chi connectivity index (χ4n) is 3.16. The van der Waals surface area contributed by atoms with Gasteiger partial charge in [-0.3, -0.25) is 14.2 Å². The van der Waals surface area contributed by atoms with Gasteiger partial charge in [0.15, 0.2) is 5.16 Å². The molecule has 3 rings (SSSR count). The highest BCUT2D eigenvalue weighted by Crippen LogP contribution is 2.23. The lowest BCUT2D eigenvalue weighted by atomic mass is 10.2. The molecule has 0 radical (unpaired) electrons. The van der Waals surface area contributed by atoms with Gasteiger partial charge < -0.3 is 15.0 Å². The van der Waals surface area contributed by atoms with Crippen molar-refractivity contribution >= 4 is 40.4 Å². The second kappa shape index (κ2) is 9.82. The summed E-state index contributed by atoms with van der Waals surface area (Å²) in [5.74, 6) is -0.766. The zero-order valence-electron chi connectivity index (χ0n) is 18.0. The predicted molar refractivity (Wildman–Crippen MR) is 122 cm³/mol. The Labute approximate surface area is 184 Å². The molecule has 0 unspecified atom stereocenters. The van der Waals surface area contributed by atoms with Crippen molar-refractivity contribution < 1.29 is 14.3 Å². The number of esters is 1. The number of fused-ring (bicyclic) bond motifs is 1. The van der Waals surface area contributed by atoms with Crippen LogP contribution in [0.3, 0.4) is 0 Å². The van der Waals surface area contributed by atoms with E-state index in [0.717, 1.165) is 12.1 Å². The first-order valence-corrected chi connectivity index (χ1v) is 11.1. The van der Waals surface area contributed by atoms with Gasteiger partial charge in [-0.1, -0.05) is 30.8 Å². The minimum atomic E-state index is -0.494. The quantitative estimate of drug-likeness (QED) is 0.311. The molecule has 31 heavy (non-hydrogen) atoms. The van der Waals surface area contributed by atoms with Crippen LogP contribution < -0.4 is 10.9 Å². The fraction of sp³-hybridized carbons (Fsp3) is 0.364. The number of hydrogen-bond donors (Lipinski definition) is 2. The first kappa shape index (κ1) is 22.6. The smallest absolute Gasteiger partial charge is 0.340 e. The molecule has 0 fully saturated rings. The summed E-state index contributed by atoms with van der Waals surface area (Å²) in [5.41, 5.74) is 2.43. The Morgan fingerprint density at radius 3 is 2.74 bits per heavy atom. The number of anilines is 1. The number of carbonyl (C=O) groups excluding carboxylic acids is 2. The van der Waals surface area contributed by atoms with Gasteiger partial charge in [-0.15, -0.1) is 0 Å². The molecule has 0 aliphatic carbocycles. The SMILES string of the molecule is CCOC(=O)c1ccccc1NC(=O)CSc1nc2cc(C)[nH]c2c(=O)n1[C@H](C)CC. The van der Waals surface area contributed by atoms with E-state index in [-0.39, 0.29) is 29.9 Å². The lowest BCUT2D eigenvalue weighted by molar-refractivity contribution is -0.113. The van der Waals surface area contributed by atoms with Gasteiger partial charge in [0.05, 0.1) is 29.1 Å². The number of hydrogen-bond acceptors (Lipinski definition) is 6. The van der Waals surface area contributed by atoms with Crippen molar-refractivity contribution in [1.82, 2.24) is 14.5 Å². The zero-order valence-corrected chi connectivity index (χ0v) is 18.8. The number of benzene rings is 1. The molecule has 8 nitrogen and oxygen atoms in total. The number of nitrogens with one attached hydrogen (secondary N) is 2. The normalized spacial score (nSPS) is 12.0. The van der Waals surface area contributed by atoms with Crippen LogP contribution in [0.4, 0.5) is 5.69 Å². The summed E-state index contributed by atoms with van der Waals surface area (Å²) < 4.78 is 6.67. The summed E-state index contributed by atoms with van der Waals surface area (Å²) in [7, 11) is 0. The Bertz CT molecular complexity index is 1170. The summed E-state index contributed by atoms with van der Waals surface area (Å²) >= 11 is 1.19. The molecule has 2 heterocycles. The van der Waals surface area contributed by atoms with Crippen molar-refractivity contribution in [2.75, 3.05) is 17.7 Å². The van der Waals surface area contributed by atoms with Crippen LogP contribution in [0, 0.1) is 6.92 Å². The maximum atomic E-state index is 13.0. The molecule has 1 atom stereocenters. The number of H-pyrrole nitrogens is 1. The number of carbonyl (C=O) groups is 2. The lowest BCUT2D eigenvalue weighted by Crippen LogP contribution is -2.27. The number of nitrogens with zero attached hydrogens (tertiary/aromatic N) is 2. The van der Waals surface area contributed by atoms with Gasteiger partial charge >= 0.3 is 5.97 Å². The van der Waals surface area contributed by atoms with Crippen LogP contribution in [0.25, 0.3) is 11.0 Å². The number of aryl methyl sites for hydroxylation is 1. The number of ether oxygens (including phenoxy) is 1. The number of thioether (sulfide) groups is 1. The third-order valence-corrected chi connectivity index (χ3v) is 5.80. The molecule has 9 heteroatoms. The third-order valence-electron chi connectivity index (χ3n) is 4.85. The first-order valence-electron chi connectivity index (χ1n) is 10.2. The minimum Gasteiger partial charge on any atom is -0.462 e. The third kappa shape index (κ3) is 4.99. The summed E-state index contributed by atoms with van der Waals surface area (Å²) in [5, 5.41) is 3.24. The molecule has 1 amide bonds. The van der Waals surface area contributed by atoms with Crippen LogP contribution in [-0.2, 0) is 9.53 Å². The van der Waals surface area contributed by atoms with Crippen molar-refractivity contribution in [3.63, 3.8) is 0 Å². The lowest BCUT2D eigenvalue weighted by Gasteiger charge is -2.17. The van der Waals surface area contributed by atoms with Crippen LogP contribution in [-0.4, -0.2) is 38.8 Å². The monoisotopic (exact) mass is 442 g/mol. The largest absolute Gasteiger partial charge is 0.462 e. The van der Waals surface area contributed by atoms with E-state index in [0.29, 0.717) is 27.4 Å². The Morgan fingerprint density at radius 2 is 2.03 bits per heavy atom. The molecular weight excluding hydrogens is 416 g/mol. The van der Waals surface area contributed by atoms with Gasteiger partial charge in [0, 0.05) is 11.7 Å². The molecule has 0 aliphatic heterocycles. The molecule has 0 bridgehead atoms. The molecule has 0 spiro atoms. The predicted octanol–water partition coefficient (Wildman–Crippen LogP) is 3.91. The van der Waals surface area contributed by atoms with E-state index in [1.807, 2.05) is 26.8 Å². The number of amides is 1. The number of aromatic amines is 1. The van der Waals surface area contributed by atoms with Gasteiger partial charge in [0.25, 0.3) is 5.56 Å². The van der Waals surface area contributed by atoms with E-state index < -0.39 is 5.97 Å². The Balaban J connectivity index is 1.82. The van der Waals surface area contributed by atoms with E-state index in [2.05, 4.69) is 15.3 Å². The molecule has 1 aromatic carbocycles. The number of rotatable bonds is 8. The van der Waals surface area contributed by atoms with Crippen molar-refractivity contribution in [2.24, 2.45) is 0 Å². The number of para-hydroxylation sites is 1. The van der Waals surface area contributed by atoms with Crippen LogP contribution >= 0.6 is 11.8 Å². The Hall–Kier alpha value is -3.07. The van der Waals surface area contributed by atoms with Crippen molar-refractivity contribution in [3.8, 4) is 0 Å². The van der Waals surface area contributed by atoms with Gasteiger partial charge in [-0.25, -0.2) is 9.78 Å². The van der Waals surface area contributed by atoms with E-state index in [4.69, 9.17) is 4.74 Å². The average Bonchev–Trinajstić information content (AvgIpc) is 3.13. The number of aromatic nitrogens is 3. The summed E-state index contributed by atoms with van der Waals surface area (Å²) in [6.45, 7) is 7.79. The van der Waals surface area contributed by atoms with Crippen LogP contribution in [0.15, 0.2) is 40.3 Å². The van der Waals surface area contributed by atoms with E-state index in [1.54, 1.807) is 35.8 Å². The standard InChI is InChI=1S/C22H26N4O4S/c1-5-14(4)26-20(28)19-17(11-13(3)23-19)25-22(26)31-12-18(27)24-16-10-8-7-9-15(16)21(29)30-6-2/h7-11,14,23H,5-6,12H2,1-4H3,(H,24,27)/t14-/m1/s1. The summed E-state index contributed by atoms with van der Waals surface area (Å²) in [6, 6.07) is 8.44. The fourth-order valence-corrected chi connectivity index (χ4v) is 4.06. The van der Waals surface area contributed by atoms with Gasteiger partial charge in [0.2, 0.25) is 5.91 Å². The van der Waals surface area contributed by atoms with Crippen LogP contribution in [0.1, 0.15) is 49.3 Å². The molecule has 164 valence electrons. The van der Waals surface area contributed by atoms with E-state index in [1.165, 1.54) is 11.8 Å². The maximum Gasteiger partial charge on any atom is 0.340 e. The minimum absolute atomic E-state index is 0.0367. The van der Waals surface area contributed by atoms with Crippen LogP contribution in [0.2, 0.25) is 0 Å². The molecule has 0 saturated heterocycles. The van der Waals surface area contributed by atoms with Crippen molar-refractivity contribution in [1.29, 1.82) is 0 Å². The topological polar surface area (TPSA) is 106 Å². The second-order valence-corrected chi connectivity index (χ2v) is 8.08. The summed E-state index contributed by atoms with van der Waals surface area (Å²) in [6.07, 6.45) is 0.749. The molecule has 0 aliphatic rings. The highest BCUT2D eigenvalue weighted by molar-refractivity contribution is 7.99. The van der Waals surface area contributed by atoms with Crippen LogP contribution in [0.5, 0.6) is 0 Å². The first-order chi connectivity index (χ1) is 14.8. The zero-order chi connectivity index (χ0) is 22.5. The van der Waals surface area contributed by atoms with Crippen molar-refractivity contribution in [2.45, 2.75) is 45.3 Å². The molecule has 2 N–H and O–H groups in total. The molecule has 0 saturated carbocycles. The second-order valence-electron chi connectivity index (χ2n) is 7.14. The van der Waals surface area contributed by atoms with Crippen molar-refractivity contribution in [3.05, 3.63) is 51.9 Å². The average molecular weight is 443 g/mol. The maximum absolute atomic E-state index is 13.0. The van der Waals surface area contributed by atoms with Gasteiger partial charge in [-0.2, -0.15) is 0 Å². The molecule has 3 aromatic rings. The molecular formula is C22H26N4O4S. The highest BCUT2D eigenvalue weighted by Gasteiger charge is 2.19. The Kier molecular flexibility index (Phi) is 7.17. The van der Waals surface area contributed by atoms with Gasteiger partial charge in [0.1, 0.15) is 5.52 Å².